The van der Waals surface area contributed by atoms with Crippen molar-refractivity contribution in [2.75, 3.05) is 73.6 Å². The number of hydrazine groups is 1. The molecular formula is C55H71F3N10O7S. The Morgan fingerprint density at radius 2 is 1.82 bits per heavy atom. The van der Waals surface area contributed by atoms with Crippen LogP contribution < -0.4 is 10.7 Å². The van der Waals surface area contributed by atoms with Crippen molar-refractivity contribution in [3.63, 3.8) is 0 Å². The van der Waals surface area contributed by atoms with E-state index < -0.39 is 54.2 Å². The molecule has 4 aromatic rings. The number of benzene rings is 1. The van der Waals surface area contributed by atoms with Crippen LogP contribution in [0.25, 0.3) is 33.4 Å². The molecule has 7 atom stereocenters. The van der Waals surface area contributed by atoms with Crippen molar-refractivity contribution in [2.45, 2.75) is 128 Å². The number of esters is 1. The molecule has 3 aromatic heterocycles. The number of rotatable bonds is 11. The van der Waals surface area contributed by atoms with Gasteiger partial charge in [0, 0.05) is 105 Å². The summed E-state index contributed by atoms with van der Waals surface area (Å²) in [6, 6.07) is 6.07. The number of hydrogen-bond acceptors (Lipinski definition) is 13. The van der Waals surface area contributed by atoms with E-state index in [9.17, 15) is 32.3 Å². The fourth-order valence-electron chi connectivity index (χ4n) is 12.6. The summed E-state index contributed by atoms with van der Waals surface area (Å²) >= 11 is 1.34. The number of nitrogens with one attached hydrogen (secondary N) is 2. The average molecular weight is 1070 g/mol. The number of halogens is 3. The molecule has 76 heavy (non-hydrogen) atoms. The molecule has 410 valence electrons. The lowest BCUT2D eigenvalue weighted by molar-refractivity contribution is -0.155. The lowest BCUT2D eigenvalue weighted by Gasteiger charge is -2.37. The highest BCUT2D eigenvalue weighted by Gasteiger charge is 2.52. The van der Waals surface area contributed by atoms with Gasteiger partial charge in [0.15, 0.2) is 0 Å². The monoisotopic (exact) mass is 1070 g/mol. The van der Waals surface area contributed by atoms with Crippen LogP contribution in [0, 0.1) is 16.7 Å². The van der Waals surface area contributed by atoms with E-state index in [1.54, 1.807) is 51.5 Å². The number of amides is 4. The zero-order valence-electron chi connectivity index (χ0n) is 44.4. The minimum atomic E-state index is -4.58. The molecule has 10 rings (SSSR count). The number of alkyl halides is 3. The van der Waals surface area contributed by atoms with Crippen molar-refractivity contribution in [1.82, 2.24) is 49.9 Å². The van der Waals surface area contributed by atoms with Gasteiger partial charge in [-0.2, -0.15) is 13.2 Å². The van der Waals surface area contributed by atoms with E-state index in [0.29, 0.717) is 102 Å². The number of fused-ring (bicyclic) bond motifs is 6. The molecule has 1 saturated carbocycles. The Morgan fingerprint density at radius 1 is 1.04 bits per heavy atom. The Bertz CT molecular complexity index is 2870. The first-order chi connectivity index (χ1) is 36.2. The molecule has 0 radical (unpaired) electrons. The second kappa shape index (κ2) is 21.4. The SMILES string of the molecule is CO[C@@H](C)c1ncccc1-c1c2c3cc(ccc3n1CC(F)(F)F)-c1csc(n1)C[C@H](NC(=O)C(C1CCCC1)N1CC[C@]3(CCN(C(=O)[C@H]4CN4CC(=O)N(C)C)C3)C1)C(=O)N1CCC[C@H](N1)C(=O)OCC(C)(C)C2. The van der Waals surface area contributed by atoms with Crippen LogP contribution in [0.3, 0.4) is 0 Å². The van der Waals surface area contributed by atoms with Crippen LogP contribution in [0.2, 0.25) is 0 Å². The van der Waals surface area contributed by atoms with Crippen molar-refractivity contribution in [3.8, 4) is 22.5 Å². The lowest BCUT2D eigenvalue weighted by Crippen LogP contribution is -2.62. The second-order valence-electron chi connectivity index (χ2n) is 23.2. The number of hydrogen-bond donors (Lipinski definition) is 2. The molecule has 6 bridgehead atoms. The van der Waals surface area contributed by atoms with E-state index in [2.05, 4.69) is 20.6 Å². The largest absolute Gasteiger partial charge is 0.464 e. The lowest BCUT2D eigenvalue weighted by atomic mass is 9.84. The normalized spacial score (nSPS) is 26.2. The van der Waals surface area contributed by atoms with Gasteiger partial charge >= 0.3 is 12.1 Å². The van der Waals surface area contributed by atoms with Crippen molar-refractivity contribution < 1.29 is 46.6 Å². The summed E-state index contributed by atoms with van der Waals surface area (Å²) in [5, 5.41) is 7.69. The number of ether oxygens (including phenoxy) is 2. The Kier molecular flexibility index (Phi) is 15.2. The molecule has 2 unspecified atom stereocenters. The van der Waals surface area contributed by atoms with E-state index in [1.807, 2.05) is 35.1 Å². The van der Waals surface area contributed by atoms with E-state index in [-0.39, 0.29) is 61.1 Å². The number of methoxy groups -OCH3 is 1. The van der Waals surface area contributed by atoms with Crippen molar-refractivity contribution in [2.24, 2.45) is 16.7 Å². The Morgan fingerprint density at radius 3 is 2.57 bits per heavy atom. The number of cyclic esters (lactones) is 1. The third-order valence-corrected chi connectivity index (χ3v) is 17.6. The molecule has 5 aliphatic heterocycles. The predicted octanol–water partition coefficient (Wildman–Crippen LogP) is 6.00. The molecule has 5 fully saturated rings. The average Bonchev–Trinajstić information content (AvgIpc) is 4.01. The zero-order chi connectivity index (χ0) is 53.8. The minimum Gasteiger partial charge on any atom is -0.464 e. The first-order valence-corrected chi connectivity index (χ1v) is 27.7. The van der Waals surface area contributed by atoms with Gasteiger partial charge in [0.2, 0.25) is 17.7 Å². The van der Waals surface area contributed by atoms with Gasteiger partial charge in [-0.15, -0.1) is 11.3 Å². The molecule has 4 amide bonds. The van der Waals surface area contributed by atoms with Crippen molar-refractivity contribution >= 4 is 51.8 Å². The number of nitrogens with zero attached hydrogens (tertiary/aromatic N) is 8. The maximum atomic E-state index is 15.1. The molecule has 6 aliphatic rings. The first kappa shape index (κ1) is 53.9. The van der Waals surface area contributed by atoms with Crippen LogP contribution in [0.4, 0.5) is 13.2 Å². The number of likely N-dealkylation sites (N-methyl/N-ethyl adjacent to an activating group) is 1. The number of pyridine rings is 1. The second-order valence-corrected chi connectivity index (χ2v) is 24.1. The van der Waals surface area contributed by atoms with Gasteiger partial charge in [0.05, 0.1) is 47.4 Å². The fraction of sp³-hybridized carbons (Fsp3) is 0.618. The molecule has 2 N–H and O–H groups in total. The number of carbonyl (C=O) groups excluding carboxylic acids is 5. The van der Waals surface area contributed by atoms with Crippen LogP contribution in [0.5, 0.6) is 0 Å². The molecule has 1 aromatic carbocycles. The molecule has 1 spiro atoms. The third-order valence-electron chi connectivity index (χ3n) is 16.7. The summed E-state index contributed by atoms with van der Waals surface area (Å²) in [4.78, 5) is 87.5. The van der Waals surface area contributed by atoms with Gasteiger partial charge in [0.25, 0.3) is 5.91 Å². The molecular weight excluding hydrogens is 1000 g/mol. The summed E-state index contributed by atoms with van der Waals surface area (Å²) in [7, 11) is 4.95. The van der Waals surface area contributed by atoms with Crippen LogP contribution in [-0.4, -0.2) is 173 Å². The number of carbonyl (C=O) groups is 5. The van der Waals surface area contributed by atoms with Crippen LogP contribution in [0.1, 0.15) is 94.5 Å². The highest BCUT2D eigenvalue weighted by atomic mass is 32.1. The summed E-state index contributed by atoms with van der Waals surface area (Å²) in [6.07, 6.45) is 3.03. The Hall–Kier alpha value is -5.48. The van der Waals surface area contributed by atoms with Crippen LogP contribution in [0.15, 0.2) is 41.9 Å². The van der Waals surface area contributed by atoms with E-state index in [1.165, 1.54) is 32.9 Å². The summed E-state index contributed by atoms with van der Waals surface area (Å²) < 4.78 is 57.3. The summed E-state index contributed by atoms with van der Waals surface area (Å²) in [6.45, 7) is 7.91. The number of thiazole rings is 1. The van der Waals surface area contributed by atoms with Crippen LogP contribution >= 0.6 is 11.3 Å². The van der Waals surface area contributed by atoms with Crippen molar-refractivity contribution in [1.29, 1.82) is 0 Å². The maximum absolute atomic E-state index is 15.1. The van der Waals surface area contributed by atoms with E-state index in [4.69, 9.17) is 14.5 Å². The molecule has 21 heteroatoms. The van der Waals surface area contributed by atoms with Gasteiger partial charge < -0.3 is 29.2 Å². The topological polar surface area (TPSA) is 175 Å². The Labute approximate surface area is 445 Å². The summed E-state index contributed by atoms with van der Waals surface area (Å²) in [5.74, 6) is -1.12. The van der Waals surface area contributed by atoms with Gasteiger partial charge in [-0.05, 0) is 94.2 Å². The van der Waals surface area contributed by atoms with E-state index in [0.717, 1.165) is 38.5 Å². The van der Waals surface area contributed by atoms with Gasteiger partial charge in [-0.1, -0.05) is 32.8 Å². The quantitative estimate of drug-likeness (QED) is 0.133. The molecule has 1 aliphatic carbocycles. The number of likely N-dealkylation sites (tertiary alicyclic amines) is 2. The molecule has 4 saturated heterocycles. The minimum absolute atomic E-state index is 0.0354. The van der Waals surface area contributed by atoms with Gasteiger partial charge in [-0.3, -0.25) is 43.8 Å². The highest BCUT2D eigenvalue weighted by Crippen LogP contribution is 2.45. The van der Waals surface area contributed by atoms with Gasteiger partial charge in [0.1, 0.15) is 24.7 Å². The molecule has 8 heterocycles. The van der Waals surface area contributed by atoms with E-state index >= 15 is 4.79 Å². The van der Waals surface area contributed by atoms with Gasteiger partial charge in [-0.25, -0.2) is 10.4 Å². The third kappa shape index (κ3) is 11.3. The molecule has 17 nitrogen and oxygen atoms in total. The maximum Gasteiger partial charge on any atom is 0.406 e. The predicted molar refractivity (Wildman–Crippen MR) is 279 cm³/mol. The number of aromatic nitrogens is 3. The summed E-state index contributed by atoms with van der Waals surface area (Å²) in [5.41, 5.74) is 5.73. The van der Waals surface area contributed by atoms with Crippen LogP contribution in [-0.2, 0) is 52.8 Å². The smallest absolute Gasteiger partial charge is 0.406 e. The Balaban J connectivity index is 0.964. The van der Waals surface area contributed by atoms with Crippen molar-refractivity contribution in [3.05, 3.63) is 58.2 Å². The standard InChI is InChI=1S/C55H71F3N10O7S/c1-33(74-6)46-36(13-9-19-59-46)48-38-25-53(2,3)32-75-52(73)39-14-10-20-68(62-39)50(71)40(24-44-60-41(28-76-44)35-15-16-42(37(38)23-35)67(48)31-55(56,57)58)61-49(70)47(34-11-7-8-12-34)64-21-17-54(29-64)18-22-65(30-54)51(72)43-26-66(43)27-45(69)63(4)5/h9,13,15-16,19,23,28,33-34,39-40,43,47,62H,7-8,10-12,14,17-18,20-22,24-27,29-32H2,1-6H3,(H,61,70)/t33-,39-,40-,43+,47?,54-,66?/m0/s1. The fourth-order valence-corrected chi connectivity index (χ4v) is 13.4. The first-order valence-electron chi connectivity index (χ1n) is 26.9. The zero-order valence-corrected chi connectivity index (χ0v) is 45.2. The highest BCUT2D eigenvalue weighted by molar-refractivity contribution is 7.10.